The van der Waals surface area contributed by atoms with Gasteiger partial charge in [0.05, 0.1) is 13.3 Å². The number of nitrogens with zero attached hydrogens (tertiary/aromatic N) is 1. The van der Waals surface area contributed by atoms with Crippen LogP contribution in [0.4, 0.5) is 5.13 Å². The first-order chi connectivity index (χ1) is 5.22. The molecule has 0 bridgehead atoms. The Morgan fingerprint density at radius 3 is 3.00 bits per heavy atom. The number of methoxy groups -OCH3 is 1. The second kappa shape index (κ2) is 3.59. The molecule has 0 saturated heterocycles. The number of aromatic nitrogens is 1. The molecule has 1 aromatic rings. The lowest BCUT2D eigenvalue weighted by Crippen LogP contribution is -2.18. The van der Waals surface area contributed by atoms with E-state index in [9.17, 15) is 0 Å². The molecule has 1 heterocycles. The highest BCUT2D eigenvalue weighted by atomic mass is 32.1. The zero-order chi connectivity index (χ0) is 8.27. The summed E-state index contributed by atoms with van der Waals surface area (Å²) in [6, 6.07) is 0. The van der Waals surface area contributed by atoms with Gasteiger partial charge in [-0.05, 0) is 6.82 Å². The molecule has 6 heteroatoms. The molecule has 60 valence electrons. The Hall–Kier alpha value is -0.745. The monoisotopic (exact) mass is 172 g/mol. The molecule has 0 atom stereocenters. The maximum atomic E-state index is 8.90. The second-order valence-corrected chi connectivity index (χ2v) is 3.00. The van der Waals surface area contributed by atoms with Crippen molar-refractivity contribution >= 4 is 23.5 Å². The predicted octanol–water partition coefficient (Wildman–Crippen LogP) is 0.674. The Labute approximate surface area is 69.4 Å². The van der Waals surface area contributed by atoms with E-state index in [4.69, 9.17) is 9.76 Å². The average molecular weight is 172 g/mol. The fraction of sp³-hybridized carbons (Fsp3) is 0.400. The molecule has 0 fully saturated rings. The Kier molecular flexibility index (Phi) is 2.73. The number of rotatable bonds is 3. The number of thiazole rings is 1. The topological polar surface area (TPSA) is 54.4 Å². The van der Waals surface area contributed by atoms with E-state index in [0.29, 0.717) is 5.13 Å². The molecule has 11 heavy (non-hydrogen) atoms. The molecule has 0 unspecified atom stereocenters. The smallest absolute Gasteiger partial charge is 0.408 e. The fourth-order valence-electron chi connectivity index (χ4n) is 0.599. The van der Waals surface area contributed by atoms with Crippen molar-refractivity contribution in [1.82, 2.24) is 4.98 Å². The van der Waals surface area contributed by atoms with Crippen LogP contribution in [0.3, 0.4) is 0 Å². The number of hydrogen-bond acceptors (Lipinski definition) is 5. The fourth-order valence-corrected chi connectivity index (χ4v) is 1.31. The largest absolute Gasteiger partial charge is 0.486 e. The summed E-state index contributed by atoms with van der Waals surface area (Å²) in [6.07, 6.45) is 1.61. The molecule has 0 aliphatic carbocycles. The van der Waals surface area contributed by atoms with E-state index in [0.717, 1.165) is 5.06 Å². The van der Waals surface area contributed by atoms with Crippen LogP contribution in [-0.2, 0) is 0 Å². The van der Waals surface area contributed by atoms with Gasteiger partial charge >= 0.3 is 7.05 Å². The lowest BCUT2D eigenvalue weighted by Gasteiger charge is -1.98. The first kappa shape index (κ1) is 8.35. The lowest BCUT2D eigenvalue weighted by molar-refractivity contribution is 0.426. The molecule has 4 nitrogen and oxygen atoms in total. The Bertz CT molecular complexity index is 228. The average Bonchev–Trinajstić information content (AvgIpc) is 2.34. The normalized spacial score (nSPS) is 9.36. The van der Waals surface area contributed by atoms with Crippen LogP contribution in [0, 0.1) is 0 Å². The van der Waals surface area contributed by atoms with Crippen molar-refractivity contribution < 1.29 is 9.76 Å². The van der Waals surface area contributed by atoms with Gasteiger partial charge in [-0.25, -0.2) is 4.98 Å². The predicted molar refractivity (Wildman–Crippen MR) is 46.1 cm³/mol. The van der Waals surface area contributed by atoms with E-state index in [1.54, 1.807) is 20.1 Å². The van der Waals surface area contributed by atoms with Gasteiger partial charge < -0.3 is 15.0 Å². The standard InChI is InChI=1S/C5H9BN2O2S/c1-6(9)8-5-7-3-4(10-2)11-5/h3,9H,1-2H3,(H,7,8). The number of nitrogens with one attached hydrogen (secondary N) is 1. The maximum Gasteiger partial charge on any atom is 0.408 e. The molecule has 1 aromatic heterocycles. The van der Waals surface area contributed by atoms with E-state index < -0.39 is 7.05 Å². The highest BCUT2D eigenvalue weighted by Gasteiger charge is 2.06. The van der Waals surface area contributed by atoms with E-state index in [1.807, 2.05) is 0 Å². The summed E-state index contributed by atoms with van der Waals surface area (Å²) < 4.78 is 4.91. The molecule has 0 amide bonds. The number of ether oxygens (including phenoxy) is 1. The van der Waals surface area contributed by atoms with Crippen LogP contribution in [0.1, 0.15) is 0 Å². The molecule has 0 saturated carbocycles. The molecule has 2 N–H and O–H groups in total. The van der Waals surface area contributed by atoms with E-state index >= 15 is 0 Å². The second-order valence-electron chi connectivity index (χ2n) is 2.01. The maximum absolute atomic E-state index is 8.90. The highest BCUT2D eigenvalue weighted by molar-refractivity contribution is 7.17. The van der Waals surface area contributed by atoms with Crippen molar-refractivity contribution in [3.05, 3.63) is 6.20 Å². The van der Waals surface area contributed by atoms with E-state index in [1.165, 1.54) is 11.3 Å². The van der Waals surface area contributed by atoms with Gasteiger partial charge in [-0.2, -0.15) is 0 Å². The molecule has 1 rings (SSSR count). The molecule has 0 spiro atoms. The van der Waals surface area contributed by atoms with Crippen molar-refractivity contribution in [2.24, 2.45) is 0 Å². The SMILES string of the molecule is COc1cnc(NB(C)O)s1. The van der Waals surface area contributed by atoms with Gasteiger partial charge in [0.15, 0.2) is 10.2 Å². The minimum Gasteiger partial charge on any atom is -0.486 e. The zero-order valence-electron chi connectivity index (χ0n) is 6.37. The van der Waals surface area contributed by atoms with Crippen LogP contribution in [0.2, 0.25) is 6.82 Å². The number of hydrogen-bond donors (Lipinski definition) is 2. The molecule has 0 radical (unpaired) electrons. The third-order valence-electron chi connectivity index (χ3n) is 1.02. The summed E-state index contributed by atoms with van der Waals surface area (Å²) in [5.41, 5.74) is 0. The van der Waals surface area contributed by atoms with Crippen molar-refractivity contribution in [2.45, 2.75) is 6.82 Å². The Morgan fingerprint density at radius 1 is 1.82 bits per heavy atom. The van der Waals surface area contributed by atoms with Gasteiger partial charge in [0, 0.05) is 0 Å². The van der Waals surface area contributed by atoms with Crippen LogP contribution in [0.25, 0.3) is 0 Å². The van der Waals surface area contributed by atoms with Gasteiger partial charge in [0.1, 0.15) is 0 Å². The summed E-state index contributed by atoms with van der Waals surface area (Å²) in [5, 5.41) is 13.0. The third kappa shape index (κ3) is 2.40. The number of anilines is 1. The molecular formula is C5H9BN2O2S. The van der Waals surface area contributed by atoms with Gasteiger partial charge in [-0.3, -0.25) is 0 Å². The molecule has 0 aromatic carbocycles. The van der Waals surface area contributed by atoms with Gasteiger partial charge in [-0.1, -0.05) is 11.3 Å². The summed E-state index contributed by atoms with van der Waals surface area (Å²) in [4.78, 5) is 3.95. The Balaban J connectivity index is 2.58. The summed E-state index contributed by atoms with van der Waals surface area (Å²) in [6.45, 7) is 1.63. The lowest BCUT2D eigenvalue weighted by atomic mass is 9.90. The summed E-state index contributed by atoms with van der Waals surface area (Å²) >= 11 is 1.36. The molecular weight excluding hydrogens is 163 g/mol. The van der Waals surface area contributed by atoms with Gasteiger partial charge in [0.25, 0.3) is 0 Å². The first-order valence-corrected chi connectivity index (χ1v) is 3.98. The molecule has 0 aliphatic heterocycles. The molecule has 0 aliphatic rings. The van der Waals surface area contributed by atoms with Crippen molar-refractivity contribution in [1.29, 1.82) is 0 Å². The van der Waals surface area contributed by atoms with Gasteiger partial charge in [0.2, 0.25) is 0 Å². The zero-order valence-corrected chi connectivity index (χ0v) is 7.18. The quantitative estimate of drug-likeness (QED) is 0.658. The van der Waals surface area contributed by atoms with Crippen LogP contribution >= 0.6 is 11.3 Å². The third-order valence-corrected chi connectivity index (χ3v) is 1.91. The minimum atomic E-state index is -0.578. The van der Waals surface area contributed by atoms with Crippen molar-refractivity contribution in [3.8, 4) is 5.06 Å². The van der Waals surface area contributed by atoms with E-state index in [2.05, 4.69) is 10.2 Å². The van der Waals surface area contributed by atoms with Gasteiger partial charge in [-0.15, -0.1) is 0 Å². The van der Waals surface area contributed by atoms with Crippen LogP contribution < -0.4 is 9.96 Å². The van der Waals surface area contributed by atoms with Crippen molar-refractivity contribution in [3.63, 3.8) is 0 Å². The van der Waals surface area contributed by atoms with Crippen molar-refractivity contribution in [2.75, 3.05) is 12.3 Å². The van der Waals surface area contributed by atoms with Crippen LogP contribution in [-0.4, -0.2) is 24.2 Å². The van der Waals surface area contributed by atoms with Crippen LogP contribution in [0.15, 0.2) is 6.20 Å². The van der Waals surface area contributed by atoms with Crippen LogP contribution in [0.5, 0.6) is 5.06 Å². The Morgan fingerprint density at radius 2 is 2.55 bits per heavy atom. The van der Waals surface area contributed by atoms with E-state index in [-0.39, 0.29) is 0 Å². The summed E-state index contributed by atoms with van der Waals surface area (Å²) in [7, 11) is 1.01. The highest BCUT2D eigenvalue weighted by Crippen LogP contribution is 2.24. The summed E-state index contributed by atoms with van der Waals surface area (Å²) in [5.74, 6) is 0. The minimum absolute atomic E-state index is 0.578. The first-order valence-electron chi connectivity index (χ1n) is 3.17.